The van der Waals surface area contributed by atoms with Gasteiger partial charge in [-0.15, -0.1) is 0 Å². The lowest BCUT2D eigenvalue weighted by Gasteiger charge is -2.30. The monoisotopic (exact) mass is 300 g/mol. The average Bonchev–Trinajstić information content (AvgIpc) is 2.45. The van der Waals surface area contributed by atoms with Crippen LogP contribution in [0.25, 0.3) is 0 Å². The van der Waals surface area contributed by atoms with E-state index < -0.39 is 5.54 Å². The second kappa shape index (κ2) is 11.0. The van der Waals surface area contributed by atoms with Crippen molar-refractivity contribution in [3.05, 3.63) is 0 Å². The molecule has 4 nitrogen and oxygen atoms in total. The minimum absolute atomic E-state index is 0.122. The maximum absolute atomic E-state index is 12.2. The molecule has 0 radical (unpaired) electrons. The molecule has 0 saturated heterocycles. The maximum atomic E-state index is 12.2. The van der Waals surface area contributed by atoms with Crippen molar-refractivity contribution >= 4 is 5.97 Å². The molecule has 0 aliphatic carbocycles. The van der Waals surface area contributed by atoms with Gasteiger partial charge in [-0.3, -0.25) is 4.79 Å². The molecular formula is C17H36N2O2. The summed E-state index contributed by atoms with van der Waals surface area (Å²) in [5.74, 6) is -0.122. The quantitative estimate of drug-likeness (QED) is 0.562. The van der Waals surface area contributed by atoms with Crippen molar-refractivity contribution in [3.63, 3.8) is 0 Å². The standard InChI is InChI=1S/C17H36N2O2/c1-7-11-15(4)19(6)14-10-12-17(5,18-13-8-2)16(20)21-9-3/h15,18H,7-14H2,1-6H3. The first-order valence-electron chi connectivity index (χ1n) is 8.53. The van der Waals surface area contributed by atoms with Gasteiger partial charge >= 0.3 is 5.97 Å². The summed E-state index contributed by atoms with van der Waals surface area (Å²) in [4.78, 5) is 14.6. The Kier molecular flexibility index (Phi) is 10.7. The van der Waals surface area contributed by atoms with E-state index in [0.29, 0.717) is 12.6 Å². The van der Waals surface area contributed by atoms with E-state index in [0.717, 1.165) is 32.4 Å². The van der Waals surface area contributed by atoms with Crippen LogP contribution in [0, 0.1) is 0 Å². The lowest BCUT2D eigenvalue weighted by Crippen LogP contribution is -2.51. The van der Waals surface area contributed by atoms with Gasteiger partial charge in [-0.1, -0.05) is 20.3 Å². The number of nitrogens with zero attached hydrogens (tertiary/aromatic N) is 1. The molecule has 0 aliphatic heterocycles. The van der Waals surface area contributed by atoms with E-state index in [1.165, 1.54) is 12.8 Å². The molecule has 0 heterocycles. The smallest absolute Gasteiger partial charge is 0.326 e. The van der Waals surface area contributed by atoms with Crippen LogP contribution in [0.4, 0.5) is 0 Å². The van der Waals surface area contributed by atoms with Crippen molar-refractivity contribution in [2.45, 2.75) is 78.3 Å². The molecule has 0 aliphatic rings. The number of carbonyl (C=O) groups is 1. The van der Waals surface area contributed by atoms with Crippen LogP contribution in [-0.4, -0.2) is 49.2 Å². The van der Waals surface area contributed by atoms with Crippen LogP contribution in [0.15, 0.2) is 0 Å². The first-order valence-corrected chi connectivity index (χ1v) is 8.53. The Labute approximate surface area is 131 Å². The largest absolute Gasteiger partial charge is 0.465 e. The Morgan fingerprint density at radius 2 is 1.95 bits per heavy atom. The Bertz CT molecular complexity index is 284. The summed E-state index contributed by atoms with van der Waals surface area (Å²) >= 11 is 0. The molecule has 0 saturated carbocycles. The summed E-state index contributed by atoms with van der Waals surface area (Å²) in [7, 11) is 2.17. The number of hydrogen-bond donors (Lipinski definition) is 1. The first kappa shape index (κ1) is 20.4. The van der Waals surface area contributed by atoms with Crippen LogP contribution in [0.1, 0.15) is 66.7 Å². The van der Waals surface area contributed by atoms with E-state index in [2.05, 4.69) is 38.0 Å². The summed E-state index contributed by atoms with van der Waals surface area (Å²) < 4.78 is 5.23. The normalized spacial score (nSPS) is 15.8. The molecule has 2 unspecified atom stereocenters. The lowest BCUT2D eigenvalue weighted by atomic mass is 9.95. The zero-order chi connectivity index (χ0) is 16.3. The molecule has 0 amide bonds. The van der Waals surface area contributed by atoms with Crippen LogP contribution >= 0.6 is 0 Å². The molecule has 0 spiro atoms. The zero-order valence-corrected chi connectivity index (χ0v) is 15.0. The molecule has 0 aromatic carbocycles. The minimum Gasteiger partial charge on any atom is -0.465 e. The summed E-state index contributed by atoms with van der Waals surface area (Å²) in [6.07, 6.45) is 5.26. The molecule has 1 N–H and O–H groups in total. The summed E-state index contributed by atoms with van der Waals surface area (Å²) in [6.45, 7) is 12.7. The predicted octanol–water partition coefficient (Wildman–Crippen LogP) is 3.21. The highest BCUT2D eigenvalue weighted by atomic mass is 16.5. The third-order valence-electron chi connectivity index (χ3n) is 4.14. The number of carbonyl (C=O) groups excluding carboxylic acids is 1. The second-order valence-electron chi connectivity index (χ2n) is 6.20. The molecule has 126 valence electrons. The zero-order valence-electron chi connectivity index (χ0n) is 15.0. The Hall–Kier alpha value is -0.610. The number of hydrogen-bond acceptors (Lipinski definition) is 4. The highest BCUT2D eigenvalue weighted by Crippen LogP contribution is 2.16. The van der Waals surface area contributed by atoms with Crippen LogP contribution in [0.3, 0.4) is 0 Å². The van der Waals surface area contributed by atoms with Gasteiger partial charge in [0.2, 0.25) is 0 Å². The topological polar surface area (TPSA) is 41.6 Å². The van der Waals surface area contributed by atoms with Gasteiger partial charge in [-0.05, 0) is 66.6 Å². The molecular weight excluding hydrogens is 264 g/mol. The number of esters is 1. The lowest BCUT2D eigenvalue weighted by molar-refractivity contribution is -0.150. The first-order chi connectivity index (χ1) is 9.91. The summed E-state index contributed by atoms with van der Waals surface area (Å²) in [5, 5.41) is 3.37. The van der Waals surface area contributed by atoms with Crippen molar-refractivity contribution in [2.75, 3.05) is 26.7 Å². The highest BCUT2D eigenvalue weighted by Gasteiger charge is 2.33. The van der Waals surface area contributed by atoms with Gasteiger partial charge in [0.15, 0.2) is 0 Å². The molecule has 0 aromatic heterocycles. The Morgan fingerprint density at radius 1 is 1.29 bits per heavy atom. The van der Waals surface area contributed by atoms with Gasteiger partial charge in [-0.2, -0.15) is 0 Å². The van der Waals surface area contributed by atoms with E-state index in [4.69, 9.17) is 4.74 Å². The van der Waals surface area contributed by atoms with Crippen LogP contribution < -0.4 is 5.32 Å². The molecule has 0 aromatic rings. The summed E-state index contributed by atoms with van der Waals surface area (Å²) in [5.41, 5.74) is -0.555. The van der Waals surface area contributed by atoms with Crippen molar-refractivity contribution in [1.29, 1.82) is 0 Å². The third-order valence-corrected chi connectivity index (χ3v) is 4.14. The molecule has 2 atom stereocenters. The van der Waals surface area contributed by atoms with Gasteiger partial charge in [0.1, 0.15) is 5.54 Å². The predicted molar refractivity (Wildman–Crippen MR) is 89.6 cm³/mol. The van der Waals surface area contributed by atoms with Gasteiger partial charge in [0, 0.05) is 6.04 Å². The van der Waals surface area contributed by atoms with Gasteiger partial charge in [0.05, 0.1) is 6.61 Å². The third kappa shape index (κ3) is 7.82. The van der Waals surface area contributed by atoms with Gasteiger partial charge in [0.25, 0.3) is 0 Å². The fraction of sp³-hybridized carbons (Fsp3) is 0.941. The van der Waals surface area contributed by atoms with E-state index in [1.807, 2.05) is 13.8 Å². The van der Waals surface area contributed by atoms with Crippen molar-refractivity contribution in [3.8, 4) is 0 Å². The molecule has 21 heavy (non-hydrogen) atoms. The van der Waals surface area contributed by atoms with Crippen molar-refractivity contribution < 1.29 is 9.53 Å². The molecule has 0 bridgehead atoms. The molecule has 0 rings (SSSR count). The molecule has 4 heteroatoms. The number of ether oxygens (including phenoxy) is 1. The van der Waals surface area contributed by atoms with Crippen molar-refractivity contribution in [1.82, 2.24) is 10.2 Å². The van der Waals surface area contributed by atoms with E-state index in [9.17, 15) is 4.79 Å². The fourth-order valence-electron chi connectivity index (χ4n) is 2.49. The average molecular weight is 300 g/mol. The van der Waals surface area contributed by atoms with Crippen LogP contribution in [-0.2, 0) is 9.53 Å². The summed E-state index contributed by atoms with van der Waals surface area (Å²) in [6, 6.07) is 0.604. The van der Waals surface area contributed by atoms with E-state index in [1.54, 1.807) is 0 Å². The van der Waals surface area contributed by atoms with Crippen LogP contribution in [0.5, 0.6) is 0 Å². The minimum atomic E-state index is -0.555. The molecule has 0 fully saturated rings. The number of rotatable bonds is 12. The maximum Gasteiger partial charge on any atom is 0.326 e. The van der Waals surface area contributed by atoms with Gasteiger partial charge < -0.3 is 15.0 Å². The SMILES string of the molecule is CCCNC(C)(CCCN(C)C(C)CCC)C(=O)OCC. The van der Waals surface area contributed by atoms with E-state index in [-0.39, 0.29) is 5.97 Å². The Balaban J connectivity index is 4.38. The van der Waals surface area contributed by atoms with Crippen LogP contribution in [0.2, 0.25) is 0 Å². The Morgan fingerprint density at radius 3 is 2.48 bits per heavy atom. The number of nitrogens with one attached hydrogen (secondary N) is 1. The van der Waals surface area contributed by atoms with Crippen molar-refractivity contribution in [2.24, 2.45) is 0 Å². The van der Waals surface area contributed by atoms with Gasteiger partial charge in [-0.25, -0.2) is 0 Å². The van der Waals surface area contributed by atoms with E-state index >= 15 is 0 Å². The second-order valence-corrected chi connectivity index (χ2v) is 6.20. The highest BCUT2D eigenvalue weighted by molar-refractivity contribution is 5.80. The fourth-order valence-corrected chi connectivity index (χ4v) is 2.49.